The SMILES string of the molecule is Cn1nnnc1SCCOc1ccc(CN)cc1. The molecule has 0 aliphatic heterocycles. The first-order valence-corrected chi connectivity index (χ1v) is 6.55. The first-order valence-electron chi connectivity index (χ1n) is 5.56. The van der Waals surface area contributed by atoms with Crippen LogP contribution in [0.3, 0.4) is 0 Å². The highest BCUT2D eigenvalue weighted by atomic mass is 32.2. The van der Waals surface area contributed by atoms with Crippen molar-refractivity contribution in [3.63, 3.8) is 0 Å². The molecule has 0 saturated heterocycles. The van der Waals surface area contributed by atoms with E-state index >= 15 is 0 Å². The highest BCUT2D eigenvalue weighted by Crippen LogP contribution is 2.15. The van der Waals surface area contributed by atoms with Crippen molar-refractivity contribution in [2.45, 2.75) is 11.7 Å². The summed E-state index contributed by atoms with van der Waals surface area (Å²) in [5, 5.41) is 12.0. The second kappa shape index (κ2) is 6.36. The Kier molecular flexibility index (Phi) is 4.54. The molecule has 0 aliphatic rings. The molecule has 1 aromatic heterocycles. The van der Waals surface area contributed by atoms with Crippen LogP contribution in [0.1, 0.15) is 5.56 Å². The molecule has 96 valence electrons. The van der Waals surface area contributed by atoms with E-state index in [1.165, 1.54) is 0 Å². The predicted octanol–water partition coefficient (Wildman–Crippen LogP) is 0.840. The topological polar surface area (TPSA) is 78.8 Å². The molecule has 7 heteroatoms. The van der Waals surface area contributed by atoms with Crippen molar-refractivity contribution in [3.8, 4) is 5.75 Å². The molecule has 0 unspecified atom stereocenters. The number of hydrogen-bond acceptors (Lipinski definition) is 6. The van der Waals surface area contributed by atoms with Gasteiger partial charge in [-0.05, 0) is 28.1 Å². The summed E-state index contributed by atoms with van der Waals surface area (Å²) < 4.78 is 7.24. The zero-order chi connectivity index (χ0) is 12.8. The molecule has 1 aromatic carbocycles. The van der Waals surface area contributed by atoms with Crippen molar-refractivity contribution in [2.24, 2.45) is 12.8 Å². The normalized spacial score (nSPS) is 10.6. The Morgan fingerprint density at radius 2 is 2.11 bits per heavy atom. The van der Waals surface area contributed by atoms with E-state index in [1.807, 2.05) is 31.3 Å². The lowest BCUT2D eigenvalue weighted by molar-refractivity contribution is 0.343. The maximum Gasteiger partial charge on any atom is 0.209 e. The Morgan fingerprint density at radius 1 is 1.33 bits per heavy atom. The second-order valence-corrected chi connectivity index (χ2v) is 4.69. The maximum absolute atomic E-state index is 5.60. The molecule has 1 heterocycles. The van der Waals surface area contributed by atoms with Gasteiger partial charge in [-0.3, -0.25) is 0 Å². The molecule has 2 rings (SSSR count). The Bertz CT molecular complexity index is 484. The zero-order valence-corrected chi connectivity index (χ0v) is 10.9. The molecule has 0 fully saturated rings. The van der Waals surface area contributed by atoms with Gasteiger partial charge in [-0.2, -0.15) is 0 Å². The van der Waals surface area contributed by atoms with Crippen molar-refractivity contribution in [1.82, 2.24) is 20.2 Å². The van der Waals surface area contributed by atoms with Gasteiger partial charge in [0.25, 0.3) is 0 Å². The third-order valence-corrected chi connectivity index (χ3v) is 3.30. The van der Waals surface area contributed by atoms with E-state index in [0.717, 1.165) is 22.2 Å². The van der Waals surface area contributed by atoms with Crippen molar-refractivity contribution in [3.05, 3.63) is 29.8 Å². The summed E-state index contributed by atoms with van der Waals surface area (Å²) in [5.41, 5.74) is 6.62. The van der Waals surface area contributed by atoms with E-state index in [0.29, 0.717) is 13.2 Å². The lowest BCUT2D eigenvalue weighted by atomic mass is 10.2. The number of tetrazole rings is 1. The van der Waals surface area contributed by atoms with E-state index in [4.69, 9.17) is 10.5 Å². The molecule has 6 nitrogen and oxygen atoms in total. The van der Waals surface area contributed by atoms with Crippen molar-refractivity contribution >= 4 is 11.8 Å². The third kappa shape index (κ3) is 3.44. The number of ether oxygens (including phenoxy) is 1. The average molecular weight is 265 g/mol. The lowest BCUT2D eigenvalue weighted by Crippen LogP contribution is -2.02. The summed E-state index contributed by atoms with van der Waals surface area (Å²) >= 11 is 1.56. The lowest BCUT2D eigenvalue weighted by Gasteiger charge is -2.06. The van der Waals surface area contributed by atoms with Crippen LogP contribution in [-0.4, -0.2) is 32.6 Å². The smallest absolute Gasteiger partial charge is 0.209 e. The monoisotopic (exact) mass is 265 g/mol. The number of rotatable bonds is 6. The molecule has 0 bridgehead atoms. The number of aromatic nitrogens is 4. The fourth-order valence-electron chi connectivity index (χ4n) is 1.36. The summed E-state index contributed by atoms with van der Waals surface area (Å²) in [4.78, 5) is 0. The van der Waals surface area contributed by atoms with Gasteiger partial charge in [0.15, 0.2) is 0 Å². The minimum Gasteiger partial charge on any atom is -0.493 e. The minimum absolute atomic E-state index is 0.551. The van der Waals surface area contributed by atoms with Crippen molar-refractivity contribution in [2.75, 3.05) is 12.4 Å². The molecule has 0 radical (unpaired) electrons. The van der Waals surface area contributed by atoms with Crippen molar-refractivity contribution < 1.29 is 4.74 Å². The molecule has 0 amide bonds. The van der Waals surface area contributed by atoms with Crippen LogP contribution in [0.2, 0.25) is 0 Å². The van der Waals surface area contributed by atoms with Crippen LogP contribution in [0, 0.1) is 0 Å². The van der Waals surface area contributed by atoms with Crippen LogP contribution < -0.4 is 10.5 Å². The van der Waals surface area contributed by atoms with E-state index in [9.17, 15) is 0 Å². The highest BCUT2D eigenvalue weighted by molar-refractivity contribution is 7.99. The number of thioether (sulfide) groups is 1. The van der Waals surface area contributed by atoms with Gasteiger partial charge in [0.05, 0.1) is 6.61 Å². The Morgan fingerprint density at radius 3 is 2.72 bits per heavy atom. The number of nitrogens with two attached hydrogens (primary N) is 1. The number of aryl methyl sites for hydroxylation is 1. The van der Waals surface area contributed by atoms with Crippen LogP contribution in [-0.2, 0) is 13.6 Å². The Labute approximate surface area is 110 Å². The van der Waals surface area contributed by atoms with Crippen LogP contribution >= 0.6 is 11.8 Å². The summed E-state index contributed by atoms with van der Waals surface area (Å²) in [5.74, 6) is 1.65. The van der Waals surface area contributed by atoms with E-state index in [1.54, 1.807) is 16.4 Å². The second-order valence-electron chi connectivity index (χ2n) is 3.63. The number of hydrogen-bond donors (Lipinski definition) is 1. The Hall–Kier alpha value is -1.60. The molecular formula is C11H15N5OS. The van der Waals surface area contributed by atoms with E-state index in [2.05, 4.69) is 15.5 Å². The first kappa shape index (κ1) is 12.8. The van der Waals surface area contributed by atoms with Crippen LogP contribution in [0.4, 0.5) is 0 Å². The number of benzene rings is 1. The van der Waals surface area contributed by atoms with Crippen molar-refractivity contribution in [1.29, 1.82) is 0 Å². The van der Waals surface area contributed by atoms with E-state index in [-0.39, 0.29) is 0 Å². The van der Waals surface area contributed by atoms with E-state index < -0.39 is 0 Å². The molecule has 0 spiro atoms. The highest BCUT2D eigenvalue weighted by Gasteiger charge is 2.02. The van der Waals surface area contributed by atoms with Crippen LogP contribution in [0.15, 0.2) is 29.4 Å². The van der Waals surface area contributed by atoms with Gasteiger partial charge in [0.1, 0.15) is 5.75 Å². The quantitative estimate of drug-likeness (QED) is 0.616. The largest absolute Gasteiger partial charge is 0.493 e. The first-order chi connectivity index (χ1) is 8.79. The van der Waals surface area contributed by atoms with Crippen LogP contribution in [0.25, 0.3) is 0 Å². The van der Waals surface area contributed by atoms with Gasteiger partial charge in [-0.1, -0.05) is 23.9 Å². The molecule has 0 aliphatic carbocycles. The van der Waals surface area contributed by atoms with Gasteiger partial charge in [-0.15, -0.1) is 5.10 Å². The van der Waals surface area contributed by atoms with Gasteiger partial charge in [0, 0.05) is 19.3 Å². The average Bonchev–Trinajstić information content (AvgIpc) is 2.81. The predicted molar refractivity (Wildman–Crippen MR) is 69.4 cm³/mol. The number of nitrogens with zero attached hydrogens (tertiary/aromatic N) is 4. The molecule has 2 aromatic rings. The summed E-state index contributed by atoms with van der Waals surface area (Å²) in [6, 6.07) is 7.79. The van der Waals surface area contributed by atoms with Gasteiger partial charge < -0.3 is 10.5 Å². The Balaban J connectivity index is 1.73. The molecule has 2 N–H and O–H groups in total. The standard InChI is InChI=1S/C11H15N5OS/c1-16-11(13-14-15-16)18-7-6-17-10-4-2-9(8-12)3-5-10/h2-5H,6-8,12H2,1H3. The summed E-state index contributed by atoms with van der Waals surface area (Å²) in [7, 11) is 1.81. The van der Waals surface area contributed by atoms with Gasteiger partial charge >= 0.3 is 0 Å². The van der Waals surface area contributed by atoms with Crippen LogP contribution in [0.5, 0.6) is 5.75 Å². The molecule has 18 heavy (non-hydrogen) atoms. The molecular weight excluding hydrogens is 250 g/mol. The van der Waals surface area contributed by atoms with Gasteiger partial charge in [0.2, 0.25) is 5.16 Å². The maximum atomic E-state index is 5.60. The summed E-state index contributed by atoms with van der Waals surface area (Å²) in [6.45, 7) is 1.16. The molecule has 0 atom stereocenters. The van der Waals surface area contributed by atoms with Gasteiger partial charge in [-0.25, -0.2) is 4.68 Å². The summed E-state index contributed by atoms with van der Waals surface area (Å²) in [6.07, 6.45) is 0. The zero-order valence-electron chi connectivity index (χ0n) is 10.1. The fourth-order valence-corrected chi connectivity index (χ4v) is 2.02. The third-order valence-electron chi connectivity index (χ3n) is 2.32. The minimum atomic E-state index is 0.551. The molecule has 0 saturated carbocycles. The fraction of sp³-hybridized carbons (Fsp3) is 0.364.